The summed E-state index contributed by atoms with van der Waals surface area (Å²) in [6.07, 6.45) is 0. The van der Waals surface area contributed by atoms with Crippen LogP contribution in [0.4, 0.5) is 5.69 Å². The summed E-state index contributed by atoms with van der Waals surface area (Å²) in [4.78, 5) is 20.3. The lowest BCUT2D eigenvalue weighted by Gasteiger charge is -2.00. The molecule has 0 aliphatic carbocycles. The van der Waals surface area contributed by atoms with E-state index < -0.39 is 27.3 Å². The molecule has 0 fully saturated rings. The first-order valence-corrected chi connectivity index (χ1v) is 3.78. The Morgan fingerprint density at radius 2 is 2.21 bits per heavy atom. The highest BCUT2D eigenvalue weighted by atomic mass is 35.5. The Labute approximate surface area is 84.5 Å². The minimum absolute atomic E-state index is 0. The van der Waals surface area contributed by atoms with Crippen LogP contribution < -0.4 is 5.73 Å². The summed E-state index contributed by atoms with van der Waals surface area (Å²) >= 11 is 5.42. The largest absolute Gasteiger partial charge is 0.506 e. The number of nitro groups is 1. The summed E-state index contributed by atoms with van der Waals surface area (Å²) < 4.78 is 0. The fraction of sp³-hybridized carbons (Fsp3) is 0. The van der Waals surface area contributed by atoms with Crippen molar-refractivity contribution in [3.05, 3.63) is 32.8 Å². The van der Waals surface area contributed by atoms with Crippen LogP contribution in [0.2, 0.25) is 5.02 Å². The summed E-state index contributed by atoms with van der Waals surface area (Å²) in [6, 6.07) is 1.88. The second-order valence-corrected chi connectivity index (χ2v) is 2.83. The molecule has 0 radical (unpaired) electrons. The van der Waals surface area contributed by atoms with Crippen LogP contribution in [-0.2, 0) is 0 Å². The first-order chi connectivity index (χ1) is 6.43. The molecule has 0 saturated carbocycles. The molecule has 0 aliphatic heterocycles. The van der Waals surface area contributed by atoms with Gasteiger partial charge in [0.2, 0.25) is 5.91 Å². The van der Waals surface area contributed by atoms with Gasteiger partial charge in [0.15, 0.2) is 5.02 Å². The van der Waals surface area contributed by atoms with E-state index in [0.717, 1.165) is 12.1 Å². The minimum Gasteiger partial charge on any atom is -0.506 e. The van der Waals surface area contributed by atoms with Gasteiger partial charge in [0.1, 0.15) is 5.75 Å². The van der Waals surface area contributed by atoms with E-state index in [2.05, 4.69) is 0 Å². The van der Waals surface area contributed by atoms with E-state index in [4.69, 9.17) is 22.4 Å². The lowest BCUT2D eigenvalue weighted by atomic mass is 10.2. The summed E-state index contributed by atoms with van der Waals surface area (Å²) in [6.45, 7) is 0. The number of carbonyl (C=O) groups excluding carboxylic acids is 1. The smallest absolute Gasteiger partial charge is 0.292 e. The SMILES string of the molecule is NC(=O)c1cc(O)c(Cl)c([N+](=O)[O-])c1.[HH]. The van der Waals surface area contributed by atoms with E-state index in [0.29, 0.717) is 0 Å². The van der Waals surface area contributed by atoms with Crippen molar-refractivity contribution < 1.29 is 16.3 Å². The van der Waals surface area contributed by atoms with Gasteiger partial charge in [-0.25, -0.2) is 0 Å². The number of nitrogens with two attached hydrogens (primary N) is 1. The molecule has 3 N–H and O–H groups in total. The Kier molecular flexibility index (Phi) is 2.57. The van der Waals surface area contributed by atoms with E-state index in [1.165, 1.54) is 0 Å². The van der Waals surface area contributed by atoms with Gasteiger partial charge in [0, 0.05) is 13.1 Å². The molecule has 7 heteroatoms. The van der Waals surface area contributed by atoms with Crippen molar-refractivity contribution >= 4 is 23.2 Å². The van der Waals surface area contributed by atoms with Gasteiger partial charge in [-0.3, -0.25) is 14.9 Å². The topological polar surface area (TPSA) is 106 Å². The van der Waals surface area contributed by atoms with E-state index in [1.54, 1.807) is 0 Å². The Hall–Kier alpha value is -1.82. The Morgan fingerprint density at radius 1 is 1.64 bits per heavy atom. The van der Waals surface area contributed by atoms with Gasteiger partial charge >= 0.3 is 0 Å². The maximum Gasteiger partial charge on any atom is 0.292 e. The van der Waals surface area contributed by atoms with Crippen LogP contribution in [0, 0.1) is 10.1 Å². The molecule has 1 amide bonds. The number of halogens is 1. The molecular weight excluding hydrogens is 212 g/mol. The summed E-state index contributed by atoms with van der Waals surface area (Å²) in [5.74, 6) is -1.42. The maximum absolute atomic E-state index is 10.7. The molecule has 0 atom stereocenters. The lowest BCUT2D eigenvalue weighted by molar-refractivity contribution is -0.384. The predicted octanol–water partition coefficient (Wildman–Crippen LogP) is 1.30. The monoisotopic (exact) mass is 218 g/mol. The summed E-state index contributed by atoms with van der Waals surface area (Å²) in [5.41, 5.74) is 4.16. The summed E-state index contributed by atoms with van der Waals surface area (Å²) in [7, 11) is 0. The normalized spacial score (nSPS) is 9.79. The molecule has 0 bridgehead atoms. The van der Waals surface area contributed by atoms with Crippen LogP contribution in [0.3, 0.4) is 0 Å². The molecule has 0 aliphatic rings. The second-order valence-electron chi connectivity index (χ2n) is 2.45. The van der Waals surface area contributed by atoms with E-state index in [1.807, 2.05) is 0 Å². The molecule has 1 rings (SSSR count). The van der Waals surface area contributed by atoms with Crippen LogP contribution in [0.15, 0.2) is 12.1 Å². The number of phenols is 1. The standard InChI is InChI=1S/C7H5ClN2O4.H2/c8-6-4(10(13)14)1-3(7(9)12)2-5(6)11;/h1-2,11H,(H2,9,12);1H. The average molecular weight is 219 g/mol. The van der Waals surface area contributed by atoms with Gasteiger partial charge in [0.05, 0.1) is 4.92 Å². The molecule has 14 heavy (non-hydrogen) atoms. The highest BCUT2D eigenvalue weighted by Gasteiger charge is 2.19. The number of nitrogens with zero attached hydrogens (tertiary/aromatic N) is 1. The van der Waals surface area contributed by atoms with Crippen molar-refractivity contribution in [1.29, 1.82) is 0 Å². The van der Waals surface area contributed by atoms with E-state index >= 15 is 0 Å². The van der Waals surface area contributed by atoms with Crippen molar-refractivity contribution in [1.82, 2.24) is 0 Å². The number of nitro benzene ring substituents is 1. The molecule has 6 nitrogen and oxygen atoms in total. The van der Waals surface area contributed by atoms with E-state index in [9.17, 15) is 14.9 Å². The van der Waals surface area contributed by atoms with Crippen molar-refractivity contribution in [3.8, 4) is 5.75 Å². The minimum atomic E-state index is -0.875. The number of carbonyl (C=O) groups is 1. The third-order valence-electron chi connectivity index (χ3n) is 1.52. The molecule has 0 unspecified atom stereocenters. The molecule has 0 saturated heterocycles. The zero-order valence-electron chi connectivity index (χ0n) is 6.73. The van der Waals surface area contributed by atoms with Crippen molar-refractivity contribution in [3.63, 3.8) is 0 Å². The van der Waals surface area contributed by atoms with Crippen LogP contribution in [0.1, 0.15) is 11.8 Å². The quantitative estimate of drug-likeness (QED) is 0.576. The molecule has 0 spiro atoms. The number of hydrogen-bond acceptors (Lipinski definition) is 4. The number of benzene rings is 1. The number of aromatic hydroxyl groups is 1. The fourth-order valence-corrected chi connectivity index (χ4v) is 1.05. The van der Waals surface area contributed by atoms with Gasteiger partial charge in [-0.1, -0.05) is 11.6 Å². The Bertz CT molecular complexity index is 424. The molecule has 0 aromatic heterocycles. The number of hydrogen-bond donors (Lipinski definition) is 2. The molecular formula is C7H7ClN2O4. The van der Waals surface area contributed by atoms with Gasteiger partial charge in [-0.2, -0.15) is 0 Å². The Balaban J connectivity index is 0.00000196. The zero-order chi connectivity index (χ0) is 10.9. The molecule has 76 valence electrons. The number of amides is 1. The maximum atomic E-state index is 10.7. The first-order valence-electron chi connectivity index (χ1n) is 3.40. The van der Waals surface area contributed by atoms with Crippen LogP contribution in [-0.4, -0.2) is 15.9 Å². The number of primary amides is 1. The first kappa shape index (κ1) is 10.3. The fourth-order valence-electron chi connectivity index (χ4n) is 0.869. The molecule has 1 aromatic carbocycles. The van der Waals surface area contributed by atoms with Gasteiger partial charge in [-0.05, 0) is 6.07 Å². The van der Waals surface area contributed by atoms with Crippen molar-refractivity contribution in [2.75, 3.05) is 0 Å². The summed E-state index contributed by atoms with van der Waals surface area (Å²) in [5, 5.41) is 19.1. The van der Waals surface area contributed by atoms with Gasteiger partial charge in [0.25, 0.3) is 5.69 Å². The van der Waals surface area contributed by atoms with Gasteiger partial charge < -0.3 is 10.8 Å². The number of rotatable bonds is 2. The highest BCUT2D eigenvalue weighted by molar-refractivity contribution is 6.34. The average Bonchev–Trinajstić information content (AvgIpc) is 2.08. The van der Waals surface area contributed by atoms with E-state index in [-0.39, 0.29) is 6.99 Å². The lowest BCUT2D eigenvalue weighted by Crippen LogP contribution is -2.11. The highest BCUT2D eigenvalue weighted by Crippen LogP contribution is 2.33. The van der Waals surface area contributed by atoms with Crippen LogP contribution in [0.25, 0.3) is 0 Å². The zero-order valence-corrected chi connectivity index (χ0v) is 7.49. The third-order valence-corrected chi connectivity index (χ3v) is 1.90. The van der Waals surface area contributed by atoms with Crippen molar-refractivity contribution in [2.45, 2.75) is 0 Å². The van der Waals surface area contributed by atoms with Crippen LogP contribution >= 0.6 is 11.6 Å². The predicted molar refractivity (Wildman–Crippen MR) is 50.4 cm³/mol. The Morgan fingerprint density at radius 3 is 2.64 bits per heavy atom. The van der Waals surface area contributed by atoms with Gasteiger partial charge in [-0.15, -0.1) is 0 Å². The van der Waals surface area contributed by atoms with Crippen molar-refractivity contribution in [2.24, 2.45) is 5.73 Å². The molecule has 0 heterocycles. The van der Waals surface area contributed by atoms with Crippen LogP contribution in [0.5, 0.6) is 5.75 Å². The third kappa shape index (κ3) is 1.74. The number of phenolic OH excluding ortho intramolecular Hbond substituents is 1. The molecule has 1 aromatic rings. The second kappa shape index (κ2) is 3.51.